The van der Waals surface area contributed by atoms with Crippen molar-refractivity contribution in [2.75, 3.05) is 0 Å². The number of pyridine rings is 1. The maximum atomic E-state index is 12.4. The van der Waals surface area contributed by atoms with E-state index in [-0.39, 0.29) is 12.1 Å². The monoisotopic (exact) mass is 335 g/mol. The Morgan fingerprint density at radius 1 is 1.32 bits per heavy atom. The van der Waals surface area contributed by atoms with E-state index in [2.05, 4.69) is 20.3 Å². The average molecular weight is 335 g/mol. The van der Waals surface area contributed by atoms with Crippen molar-refractivity contribution < 1.29 is 9.21 Å². The van der Waals surface area contributed by atoms with Crippen molar-refractivity contribution in [1.29, 1.82) is 0 Å². The average Bonchev–Trinajstić information content (AvgIpc) is 3.30. The molecule has 2 aromatic heterocycles. The second-order valence-corrected chi connectivity index (χ2v) is 5.87. The molecule has 126 valence electrons. The van der Waals surface area contributed by atoms with Crippen molar-refractivity contribution in [3.8, 4) is 11.3 Å². The van der Waals surface area contributed by atoms with Crippen LogP contribution in [0.5, 0.6) is 0 Å². The standard InChI is InChI=1S/C18H17N5O2/c1-12-6-7-19-17-16(22-11-23(12)17)18(24)21-10-14-5-4-13(9-20-14)15-3-2-8-25-15/h2-9,11,16-17H,10H2,1H3,(H,21,24). The predicted octanol–water partition coefficient (Wildman–Crippen LogP) is 1.98. The maximum Gasteiger partial charge on any atom is 0.249 e. The molecule has 0 saturated carbocycles. The SMILES string of the molecule is CC1=CC=NC2C(C(=O)NCc3ccc(-c4ccco4)cn3)N=CN12. The first-order valence-corrected chi connectivity index (χ1v) is 8.00. The summed E-state index contributed by atoms with van der Waals surface area (Å²) >= 11 is 0. The zero-order valence-corrected chi connectivity index (χ0v) is 13.7. The van der Waals surface area contributed by atoms with Gasteiger partial charge in [-0.15, -0.1) is 0 Å². The topological polar surface area (TPSA) is 83.1 Å². The van der Waals surface area contributed by atoms with Crippen molar-refractivity contribution in [2.24, 2.45) is 9.98 Å². The van der Waals surface area contributed by atoms with Crippen LogP contribution in [0, 0.1) is 0 Å². The van der Waals surface area contributed by atoms with Crippen LogP contribution in [0.25, 0.3) is 11.3 Å². The Morgan fingerprint density at radius 2 is 2.24 bits per heavy atom. The molecular weight excluding hydrogens is 318 g/mol. The molecule has 0 aromatic carbocycles. The van der Waals surface area contributed by atoms with Gasteiger partial charge in [0, 0.05) is 23.7 Å². The molecule has 1 N–H and O–H groups in total. The molecule has 0 fully saturated rings. The summed E-state index contributed by atoms with van der Waals surface area (Å²) in [5.41, 5.74) is 2.69. The fraction of sp³-hybridized carbons (Fsp3) is 0.222. The summed E-state index contributed by atoms with van der Waals surface area (Å²) < 4.78 is 5.34. The summed E-state index contributed by atoms with van der Waals surface area (Å²) in [6.45, 7) is 2.31. The highest BCUT2D eigenvalue weighted by atomic mass is 16.3. The Hall–Kier alpha value is -3.22. The van der Waals surface area contributed by atoms with Gasteiger partial charge in [0.05, 0.1) is 24.8 Å². The number of aromatic nitrogens is 1. The minimum absolute atomic E-state index is 0.160. The number of fused-ring (bicyclic) bond motifs is 1. The molecule has 0 bridgehead atoms. The lowest BCUT2D eigenvalue weighted by molar-refractivity contribution is -0.123. The van der Waals surface area contributed by atoms with E-state index in [1.54, 1.807) is 25.0 Å². The van der Waals surface area contributed by atoms with E-state index in [1.807, 2.05) is 42.2 Å². The first-order chi connectivity index (χ1) is 12.2. The lowest BCUT2D eigenvalue weighted by atomic mass is 10.2. The third kappa shape index (κ3) is 2.96. The minimum Gasteiger partial charge on any atom is -0.464 e. The summed E-state index contributed by atoms with van der Waals surface area (Å²) in [5, 5.41) is 2.88. The lowest BCUT2D eigenvalue weighted by Crippen LogP contribution is -2.44. The van der Waals surface area contributed by atoms with Crippen LogP contribution in [-0.2, 0) is 11.3 Å². The van der Waals surface area contributed by atoms with Crippen molar-refractivity contribution in [3.63, 3.8) is 0 Å². The summed E-state index contributed by atoms with van der Waals surface area (Å²) in [5.74, 6) is 0.606. The molecular formula is C18H17N5O2. The predicted molar refractivity (Wildman–Crippen MR) is 93.9 cm³/mol. The molecule has 2 unspecified atom stereocenters. The summed E-state index contributed by atoms with van der Waals surface area (Å²) in [6.07, 6.45) is 8.36. The molecule has 7 nitrogen and oxygen atoms in total. The molecule has 0 aliphatic carbocycles. The maximum absolute atomic E-state index is 12.4. The Kier molecular flexibility index (Phi) is 3.89. The van der Waals surface area contributed by atoms with Crippen molar-refractivity contribution in [2.45, 2.75) is 25.7 Å². The second kappa shape index (κ2) is 6.35. The number of aliphatic imine (C=N–C) groups is 2. The Balaban J connectivity index is 1.37. The number of nitrogens with one attached hydrogen (secondary N) is 1. The van der Waals surface area contributed by atoms with Crippen molar-refractivity contribution in [1.82, 2.24) is 15.2 Å². The molecule has 7 heteroatoms. The number of carbonyl (C=O) groups is 1. The van der Waals surface area contributed by atoms with Gasteiger partial charge in [0.15, 0.2) is 12.2 Å². The van der Waals surface area contributed by atoms with Gasteiger partial charge in [-0.25, -0.2) is 0 Å². The number of allylic oxidation sites excluding steroid dienone is 2. The quantitative estimate of drug-likeness (QED) is 0.926. The molecule has 2 atom stereocenters. The summed E-state index contributed by atoms with van der Waals surface area (Å²) in [6, 6.07) is 6.96. The summed E-state index contributed by atoms with van der Waals surface area (Å²) in [7, 11) is 0. The molecule has 0 saturated heterocycles. The minimum atomic E-state index is -0.540. The number of nitrogens with zero attached hydrogens (tertiary/aromatic N) is 4. The van der Waals surface area contributed by atoms with Crippen LogP contribution in [0.15, 0.2) is 62.9 Å². The van der Waals surface area contributed by atoms with Gasteiger partial charge in [0.1, 0.15) is 5.76 Å². The molecule has 4 rings (SSSR count). The fourth-order valence-corrected chi connectivity index (χ4v) is 2.82. The van der Waals surface area contributed by atoms with Gasteiger partial charge >= 0.3 is 0 Å². The van der Waals surface area contributed by atoms with Crippen LogP contribution in [0.1, 0.15) is 12.6 Å². The van der Waals surface area contributed by atoms with Crippen molar-refractivity contribution >= 4 is 18.5 Å². The first kappa shape index (κ1) is 15.3. The third-order valence-corrected chi connectivity index (χ3v) is 4.22. The highest BCUT2D eigenvalue weighted by molar-refractivity contribution is 5.88. The zero-order valence-electron chi connectivity index (χ0n) is 13.7. The van der Waals surface area contributed by atoms with Gasteiger partial charge in [-0.05, 0) is 37.3 Å². The third-order valence-electron chi connectivity index (χ3n) is 4.22. The number of hydrogen-bond donors (Lipinski definition) is 1. The van der Waals surface area contributed by atoms with E-state index in [4.69, 9.17) is 4.42 Å². The Bertz CT molecular complexity index is 852. The van der Waals surface area contributed by atoms with Crippen LogP contribution in [-0.4, -0.2) is 40.6 Å². The van der Waals surface area contributed by atoms with Gasteiger partial charge in [-0.1, -0.05) is 0 Å². The number of furan rings is 1. The van der Waals surface area contributed by atoms with Crippen LogP contribution in [0.3, 0.4) is 0 Å². The van der Waals surface area contributed by atoms with E-state index in [9.17, 15) is 4.79 Å². The van der Waals surface area contributed by atoms with E-state index < -0.39 is 6.04 Å². The van der Waals surface area contributed by atoms with Gasteiger partial charge in [0.25, 0.3) is 0 Å². The van der Waals surface area contributed by atoms with E-state index in [0.717, 1.165) is 22.7 Å². The number of carbonyl (C=O) groups excluding carboxylic acids is 1. The van der Waals surface area contributed by atoms with Gasteiger partial charge in [-0.3, -0.25) is 19.8 Å². The zero-order chi connectivity index (χ0) is 17.2. The fourth-order valence-electron chi connectivity index (χ4n) is 2.82. The van der Waals surface area contributed by atoms with E-state index >= 15 is 0 Å². The number of amides is 1. The lowest BCUT2D eigenvalue weighted by Gasteiger charge is -2.26. The molecule has 4 heterocycles. The number of rotatable bonds is 4. The highest BCUT2D eigenvalue weighted by Gasteiger charge is 2.36. The Morgan fingerprint density at radius 3 is 3.00 bits per heavy atom. The largest absolute Gasteiger partial charge is 0.464 e. The molecule has 2 aliphatic rings. The summed E-state index contributed by atoms with van der Waals surface area (Å²) in [4.78, 5) is 27.4. The molecule has 2 aliphatic heterocycles. The normalized spacial score (nSPS) is 21.2. The second-order valence-electron chi connectivity index (χ2n) is 5.87. The smallest absolute Gasteiger partial charge is 0.249 e. The molecule has 1 amide bonds. The van der Waals surface area contributed by atoms with E-state index in [0.29, 0.717) is 6.54 Å². The molecule has 0 spiro atoms. The van der Waals surface area contributed by atoms with Crippen LogP contribution in [0.2, 0.25) is 0 Å². The number of hydrogen-bond acceptors (Lipinski definition) is 6. The first-order valence-electron chi connectivity index (χ1n) is 8.00. The van der Waals surface area contributed by atoms with Gasteiger partial charge < -0.3 is 14.6 Å². The Labute approximate surface area is 144 Å². The molecule has 2 aromatic rings. The van der Waals surface area contributed by atoms with Crippen LogP contribution in [0.4, 0.5) is 0 Å². The molecule has 25 heavy (non-hydrogen) atoms. The van der Waals surface area contributed by atoms with Gasteiger partial charge in [-0.2, -0.15) is 0 Å². The van der Waals surface area contributed by atoms with Gasteiger partial charge in [0.2, 0.25) is 5.91 Å². The van der Waals surface area contributed by atoms with Crippen molar-refractivity contribution in [3.05, 3.63) is 54.2 Å². The highest BCUT2D eigenvalue weighted by Crippen LogP contribution is 2.22. The molecule has 0 radical (unpaired) electrons. The van der Waals surface area contributed by atoms with Crippen LogP contribution >= 0.6 is 0 Å². The van der Waals surface area contributed by atoms with E-state index in [1.165, 1.54) is 0 Å². The van der Waals surface area contributed by atoms with Crippen LogP contribution < -0.4 is 5.32 Å².